The van der Waals surface area contributed by atoms with Crippen LogP contribution in [0.2, 0.25) is 0 Å². The number of hydrogen-bond donors (Lipinski definition) is 0. The molecule has 1 fully saturated rings. The first kappa shape index (κ1) is 14.9. The van der Waals surface area contributed by atoms with Crippen LogP contribution in [0.15, 0.2) is 42.6 Å². The van der Waals surface area contributed by atoms with Crippen LogP contribution in [0.3, 0.4) is 0 Å². The van der Waals surface area contributed by atoms with Gasteiger partial charge in [-0.2, -0.15) is 0 Å². The molecule has 0 radical (unpaired) electrons. The molecule has 116 valence electrons. The SMILES string of the molecule is CN1CCN(c2ccc(-c3cccc(N(C)C)c3)cn2)CC1. The molecule has 3 rings (SSSR count). The lowest BCUT2D eigenvalue weighted by Gasteiger charge is -2.33. The highest BCUT2D eigenvalue weighted by Crippen LogP contribution is 2.25. The zero-order chi connectivity index (χ0) is 15.5. The van der Waals surface area contributed by atoms with Gasteiger partial charge in [0.25, 0.3) is 0 Å². The molecule has 22 heavy (non-hydrogen) atoms. The Balaban J connectivity index is 1.78. The number of nitrogens with zero attached hydrogens (tertiary/aromatic N) is 4. The highest BCUT2D eigenvalue weighted by atomic mass is 15.3. The fraction of sp³-hybridized carbons (Fsp3) is 0.389. The van der Waals surface area contributed by atoms with Crippen LogP contribution < -0.4 is 9.80 Å². The number of benzene rings is 1. The summed E-state index contributed by atoms with van der Waals surface area (Å²) in [5.74, 6) is 1.08. The molecule has 4 nitrogen and oxygen atoms in total. The average Bonchev–Trinajstić information content (AvgIpc) is 2.56. The lowest BCUT2D eigenvalue weighted by Crippen LogP contribution is -2.44. The van der Waals surface area contributed by atoms with Crippen molar-refractivity contribution in [3.63, 3.8) is 0 Å². The van der Waals surface area contributed by atoms with E-state index >= 15 is 0 Å². The molecule has 1 aliphatic heterocycles. The van der Waals surface area contributed by atoms with Gasteiger partial charge < -0.3 is 14.7 Å². The Hall–Kier alpha value is -2.07. The maximum atomic E-state index is 4.67. The monoisotopic (exact) mass is 296 g/mol. The van der Waals surface area contributed by atoms with Crippen LogP contribution in [0.4, 0.5) is 11.5 Å². The summed E-state index contributed by atoms with van der Waals surface area (Å²) in [6.07, 6.45) is 1.99. The number of likely N-dealkylation sites (N-methyl/N-ethyl adjacent to an activating group) is 1. The zero-order valence-electron chi connectivity index (χ0n) is 13.7. The first-order valence-electron chi connectivity index (χ1n) is 7.81. The first-order valence-corrected chi connectivity index (χ1v) is 7.81. The molecule has 0 saturated carbocycles. The van der Waals surface area contributed by atoms with Crippen molar-refractivity contribution in [2.75, 3.05) is 57.1 Å². The van der Waals surface area contributed by atoms with Gasteiger partial charge in [0, 0.05) is 57.7 Å². The molecule has 0 spiro atoms. The lowest BCUT2D eigenvalue weighted by atomic mass is 10.1. The van der Waals surface area contributed by atoms with Crippen molar-refractivity contribution < 1.29 is 0 Å². The van der Waals surface area contributed by atoms with Crippen molar-refractivity contribution in [1.82, 2.24) is 9.88 Å². The van der Waals surface area contributed by atoms with E-state index in [0.717, 1.165) is 32.0 Å². The number of pyridine rings is 1. The third kappa shape index (κ3) is 3.22. The molecule has 0 aliphatic carbocycles. The van der Waals surface area contributed by atoms with Gasteiger partial charge in [-0.1, -0.05) is 12.1 Å². The van der Waals surface area contributed by atoms with Gasteiger partial charge in [0.2, 0.25) is 0 Å². The van der Waals surface area contributed by atoms with E-state index in [1.807, 2.05) is 6.20 Å². The highest BCUT2D eigenvalue weighted by Gasteiger charge is 2.15. The number of hydrogen-bond acceptors (Lipinski definition) is 4. The molecule has 1 aromatic heterocycles. The van der Waals surface area contributed by atoms with Crippen molar-refractivity contribution in [2.24, 2.45) is 0 Å². The van der Waals surface area contributed by atoms with E-state index < -0.39 is 0 Å². The number of anilines is 2. The summed E-state index contributed by atoms with van der Waals surface area (Å²) in [7, 11) is 6.30. The van der Waals surface area contributed by atoms with Crippen molar-refractivity contribution in [1.29, 1.82) is 0 Å². The Labute approximate surface area is 133 Å². The Morgan fingerprint density at radius 2 is 1.73 bits per heavy atom. The van der Waals surface area contributed by atoms with Crippen molar-refractivity contribution in [2.45, 2.75) is 0 Å². The van der Waals surface area contributed by atoms with E-state index in [2.05, 4.69) is 77.2 Å². The molecule has 2 aromatic rings. The van der Waals surface area contributed by atoms with Crippen LogP contribution in [0.1, 0.15) is 0 Å². The maximum absolute atomic E-state index is 4.67. The first-order chi connectivity index (χ1) is 10.6. The molecular formula is C18H24N4. The summed E-state index contributed by atoms with van der Waals surface area (Å²) in [5, 5.41) is 0. The number of rotatable bonds is 3. The predicted octanol–water partition coefficient (Wildman–Crippen LogP) is 2.57. The van der Waals surface area contributed by atoms with Crippen molar-refractivity contribution >= 4 is 11.5 Å². The summed E-state index contributed by atoms with van der Waals surface area (Å²) >= 11 is 0. The molecule has 4 heteroatoms. The van der Waals surface area contributed by atoms with Crippen molar-refractivity contribution in [3.05, 3.63) is 42.6 Å². The largest absolute Gasteiger partial charge is 0.378 e. The van der Waals surface area contributed by atoms with Gasteiger partial charge in [0.15, 0.2) is 0 Å². The van der Waals surface area contributed by atoms with Gasteiger partial charge in [-0.3, -0.25) is 0 Å². The summed E-state index contributed by atoms with van der Waals surface area (Å²) < 4.78 is 0. The summed E-state index contributed by atoms with van der Waals surface area (Å²) in [6, 6.07) is 12.9. The fourth-order valence-corrected chi connectivity index (χ4v) is 2.74. The molecule has 1 aromatic carbocycles. The summed E-state index contributed by atoms with van der Waals surface area (Å²) in [6.45, 7) is 4.32. The molecule has 0 amide bonds. The third-order valence-electron chi connectivity index (χ3n) is 4.27. The minimum atomic E-state index is 1.05. The second-order valence-corrected chi connectivity index (χ2v) is 6.14. The molecule has 0 unspecified atom stereocenters. The molecule has 0 atom stereocenters. The van der Waals surface area contributed by atoms with Crippen molar-refractivity contribution in [3.8, 4) is 11.1 Å². The van der Waals surface area contributed by atoms with Gasteiger partial charge >= 0.3 is 0 Å². The van der Waals surface area contributed by atoms with E-state index in [1.54, 1.807) is 0 Å². The van der Waals surface area contributed by atoms with Gasteiger partial charge in [-0.25, -0.2) is 4.98 Å². The quantitative estimate of drug-likeness (QED) is 0.868. The highest BCUT2D eigenvalue weighted by molar-refractivity contribution is 5.68. The smallest absolute Gasteiger partial charge is 0.128 e. The van der Waals surface area contributed by atoms with Crippen LogP contribution in [0, 0.1) is 0 Å². The van der Waals surface area contributed by atoms with E-state index in [1.165, 1.54) is 16.8 Å². The van der Waals surface area contributed by atoms with E-state index in [0.29, 0.717) is 0 Å². The van der Waals surface area contributed by atoms with Gasteiger partial charge in [0.05, 0.1) is 0 Å². The molecular weight excluding hydrogens is 272 g/mol. The molecule has 0 bridgehead atoms. The molecule has 2 heterocycles. The van der Waals surface area contributed by atoms with Crippen LogP contribution in [0.25, 0.3) is 11.1 Å². The Morgan fingerprint density at radius 1 is 0.955 bits per heavy atom. The number of aromatic nitrogens is 1. The van der Waals surface area contributed by atoms with Gasteiger partial charge in [-0.05, 0) is 36.9 Å². The van der Waals surface area contributed by atoms with Crippen LogP contribution in [-0.2, 0) is 0 Å². The lowest BCUT2D eigenvalue weighted by molar-refractivity contribution is 0.312. The summed E-state index contributed by atoms with van der Waals surface area (Å²) in [5.41, 5.74) is 3.59. The molecule has 0 N–H and O–H groups in total. The molecule has 1 saturated heterocycles. The van der Waals surface area contributed by atoms with E-state index in [-0.39, 0.29) is 0 Å². The van der Waals surface area contributed by atoms with Crippen LogP contribution >= 0.6 is 0 Å². The fourth-order valence-electron chi connectivity index (χ4n) is 2.74. The van der Waals surface area contributed by atoms with Gasteiger partial charge in [0.1, 0.15) is 5.82 Å². The van der Waals surface area contributed by atoms with E-state index in [4.69, 9.17) is 0 Å². The second kappa shape index (κ2) is 6.36. The standard InChI is InChI=1S/C18H24N4/c1-20(2)17-6-4-5-15(13-17)16-7-8-18(19-14-16)22-11-9-21(3)10-12-22/h4-8,13-14H,9-12H2,1-3H3. The Morgan fingerprint density at radius 3 is 2.36 bits per heavy atom. The van der Waals surface area contributed by atoms with Gasteiger partial charge in [-0.15, -0.1) is 0 Å². The Kier molecular flexibility index (Phi) is 4.29. The maximum Gasteiger partial charge on any atom is 0.128 e. The van der Waals surface area contributed by atoms with Crippen LogP contribution in [0.5, 0.6) is 0 Å². The minimum absolute atomic E-state index is 1.05. The normalized spacial score (nSPS) is 15.9. The van der Waals surface area contributed by atoms with Crippen LogP contribution in [-0.4, -0.2) is 57.2 Å². The number of piperazine rings is 1. The third-order valence-corrected chi connectivity index (χ3v) is 4.27. The van der Waals surface area contributed by atoms with E-state index in [9.17, 15) is 0 Å². The minimum Gasteiger partial charge on any atom is -0.378 e. The average molecular weight is 296 g/mol. The topological polar surface area (TPSA) is 22.6 Å². The molecule has 1 aliphatic rings. The predicted molar refractivity (Wildman–Crippen MR) is 93.7 cm³/mol. The summed E-state index contributed by atoms with van der Waals surface area (Å²) in [4.78, 5) is 11.5. The second-order valence-electron chi connectivity index (χ2n) is 6.14. The Bertz CT molecular complexity index is 613. The zero-order valence-corrected chi connectivity index (χ0v) is 13.7.